The fourth-order valence-electron chi connectivity index (χ4n) is 1.64. The molecule has 0 spiro atoms. The summed E-state index contributed by atoms with van der Waals surface area (Å²) in [7, 11) is -4.27. The molecule has 102 valence electrons. The molecule has 0 radical (unpaired) electrons. The van der Waals surface area contributed by atoms with Crippen LogP contribution in [0.1, 0.15) is 21.5 Å². The summed E-state index contributed by atoms with van der Waals surface area (Å²) in [4.78, 5) is 11.8. The SMILES string of the molecule is N#Cc1ccc(C(=O)c2ccc(S(=O)(=O)O)cc2)cc1.[NaH]. The van der Waals surface area contributed by atoms with Crippen molar-refractivity contribution in [3.63, 3.8) is 0 Å². The minimum atomic E-state index is -4.27. The summed E-state index contributed by atoms with van der Waals surface area (Å²) in [5.41, 5.74) is 1.13. The topological polar surface area (TPSA) is 95.2 Å². The number of rotatable bonds is 3. The Balaban J connectivity index is 0.00000220. The number of benzene rings is 2. The average Bonchev–Trinajstić information content (AvgIpc) is 2.46. The second-order valence-corrected chi connectivity index (χ2v) is 5.44. The molecular weight excluding hydrogens is 301 g/mol. The Hall–Kier alpha value is -1.49. The normalized spacial score (nSPS) is 10.3. The van der Waals surface area contributed by atoms with E-state index in [2.05, 4.69) is 0 Å². The number of hydrogen-bond acceptors (Lipinski definition) is 4. The summed E-state index contributed by atoms with van der Waals surface area (Å²) in [5.74, 6) is -0.295. The fraction of sp³-hybridized carbons (Fsp3) is 0. The van der Waals surface area contributed by atoms with Gasteiger partial charge in [0.05, 0.1) is 16.5 Å². The first-order valence-corrected chi connectivity index (χ1v) is 6.98. The molecule has 0 bridgehead atoms. The molecule has 2 rings (SSSR count). The van der Waals surface area contributed by atoms with Crippen molar-refractivity contribution < 1.29 is 17.8 Å². The molecule has 0 aliphatic carbocycles. The second-order valence-electron chi connectivity index (χ2n) is 4.02. The third-order valence-electron chi connectivity index (χ3n) is 2.69. The van der Waals surface area contributed by atoms with Gasteiger partial charge in [-0.3, -0.25) is 9.35 Å². The van der Waals surface area contributed by atoms with E-state index in [9.17, 15) is 13.2 Å². The van der Waals surface area contributed by atoms with Gasteiger partial charge >= 0.3 is 29.6 Å². The van der Waals surface area contributed by atoms with E-state index in [1.807, 2.05) is 6.07 Å². The van der Waals surface area contributed by atoms with Gasteiger partial charge in [-0.15, -0.1) is 0 Å². The Morgan fingerprint density at radius 1 is 0.952 bits per heavy atom. The predicted molar refractivity (Wildman–Crippen MR) is 78.0 cm³/mol. The van der Waals surface area contributed by atoms with Crippen LogP contribution >= 0.6 is 0 Å². The van der Waals surface area contributed by atoms with E-state index in [1.54, 1.807) is 0 Å². The van der Waals surface area contributed by atoms with E-state index in [0.717, 1.165) is 12.1 Å². The molecule has 0 atom stereocenters. The van der Waals surface area contributed by atoms with Crippen LogP contribution in [0.15, 0.2) is 53.4 Å². The number of hydrogen-bond donors (Lipinski definition) is 1. The van der Waals surface area contributed by atoms with Gasteiger partial charge in [0.2, 0.25) is 0 Å². The molecule has 0 heterocycles. The molecule has 1 N–H and O–H groups in total. The summed E-state index contributed by atoms with van der Waals surface area (Å²) in [5, 5.41) is 8.68. The maximum atomic E-state index is 12.1. The molecule has 0 fully saturated rings. The van der Waals surface area contributed by atoms with Gasteiger partial charge in [0.1, 0.15) is 0 Å². The molecule has 2 aromatic carbocycles. The zero-order valence-electron chi connectivity index (χ0n) is 10.1. The Morgan fingerprint density at radius 3 is 1.76 bits per heavy atom. The first kappa shape index (κ1) is 17.6. The van der Waals surface area contributed by atoms with Crippen LogP contribution in [0.25, 0.3) is 0 Å². The van der Waals surface area contributed by atoms with Crippen molar-refractivity contribution in [2.75, 3.05) is 0 Å². The van der Waals surface area contributed by atoms with Crippen LogP contribution in [0.2, 0.25) is 0 Å². The van der Waals surface area contributed by atoms with E-state index < -0.39 is 10.1 Å². The molecular formula is C14H10NNaO4S. The standard InChI is InChI=1S/C14H9NO4S.Na.H/c15-9-10-1-3-11(4-2-10)14(16)12-5-7-13(8-6-12)20(17,18)19;;/h1-8H,(H,17,18,19);;. The Bertz CT molecular complexity index is 790. The van der Waals surface area contributed by atoms with Crippen LogP contribution in [-0.4, -0.2) is 48.3 Å². The first-order valence-electron chi connectivity index (χ1n) is 5.54. The monoisotopic (exact) mass is 311 g/mol. The van der Waals surface area contributed by atoms with Crippen LogP contribution in [0, 0.1) is 11.3 Å². The third kappa shape index (κ3) is 4.24. The molecule has 7 heteroatoms. The van der Waals surface area contributed by atoms with E-state index in [1.165, 1.54) is 36.4 Å². The summed E-state index contributed by atoms with van der Waals surface area (Å²) in [6, 6.07) is 13.0. The van der Waals surface area contributed by atoms with Crippen molar-refractivity contribution in [3.8, 4) is 6.07 Å². The average molecular weight is 311 g/mol. The van der Waals surface area contributed by atoms with Crippen molar-refractivity contribution in [3.05, 3.63) is 65.2 Å². The zero-order chi connectivity index (χ0) is 14.8. The Kier molecular flexibility index (Phi) is 5.84. The number of carbonyl (C=O) groups excluding carboxylic acids is 1. The van der Waals surface area contributed by atoms with Crippen LogP contribution < -0.4 is 0 Å². The molecule has 0 aliphatic heterocycles. The van der Waals surface area contributed by atoms with E-state index in [-0.39, 0.29) is 40.2 Å². The van der Waals surface area contributed by atoms with Gasteiger partial charge in [-0.1, -0.05) is 0 Å². The number of nitriles is 1. The number of ketones is 1. The van der Waals surface area contributed by atoms with Crippen molar-refractivity contribution in [2.45, 2.75) is 4.90 Å². The summed E-state index contributed by atoms with van der Waals surface area (Å²) >= 11 is 0. The van der Waals surface area contributed by atoms with Crippen molar-refractivity contribution in [1.29, 1.82) is 5.26 Å². The van der Waals surface area contributed by atoms with Crippen LogP contribution in [0.4, 0.5) is 0 Å². The zero-order valence-corrected chi connectivity index (χ0v) is 11.0. The fourth-order valence-corrected chi connectivity index (χ4v) is 2.12. The van der Waals surface area contributed by atoms with Gasteiger partial charge in [-0.2, -0.15) is 13.7 Å². The van der Waals surface area contributed by atoms with Gasteiger partial charge in [0.15, 0.2) is 5.78 Å². The minimum absolute atomic E-state index is 0. The van der Waals surface area contributed by atoms with Gasteiger partial charge in [-0.05, 0) is 48.5 Å². The Morgan fingerprint density at radius 2 is 1.38 bits per heavy atom. The van der Waals surface area contributed by atoms with Crippen molar-refractivity contribution >= 4 is 45.5 Å². The molecule has 0 unspecified atom stereocenters. The van der Waals surface area contributed by atoms with Gasteiger partial charge in [-0.25, -0.2) is 0 Å². The maximum absolute atomic E-state index is 12.1. The molecule has 5 nitrogen and oxygen atoms in total. The van der Waals surface area contributed by atoms with Gasteiger partial charge < -0.3 is 0 Å². The van der Waals surface area contributed by atoms with Crippen molar-refractivity contribution in [2.24, 2.45) is 0 Å². The van der Waals surface area contributed by atoms with Crippen LogP contribution in [0.3, 0.4) is 0 Å². The molecule has 0 amide bonds. The summed E-state index contributed by atoms with van der Waals surface area (Å²) in [6.45, 7) is 0. The molecule has 0 saturated heterocycles. The van der Waals surface area contributed by atoms with E-state index in [0.29, 0.717) is 16.7 Å². The quantitative estimate of drug-likeness (QED) is 0.525. The number of nitrogens with zero attached hydrogens (tertiary/aromatic N) is 1. The number of carbonyl (C=O) groups is 1. The second kappa shape index (κ2) is 6.98. The van der Waals surface area contributed by atoms with Crippen LogP contribution in [-0.2, 0) is 10.1 Å². The van der Waals surface area contributed by atoms with Crippen molar-refractivity contribution in [1.82, 2.24) is 0 Å². The van der Waals surface area contributed by atoms with E-state index >= 15 is 0 Å². The van der Waals surface area contributed by atoms with Gasteiger partial charge in [0.25, 0.3) is 10.1 Å². The molecule has 0 aliphatic rings. The third-order valence-corrected chi connectivity index (χ3v) is 3.56. The molecule has 0 aromatic heterocycles. The molecule has 21 heavy (non-hydrogen) atoms. The molecule has 0 saturated carbocycles. The first-order chi connectivity index (χ1) is 9.41. The van der Waals surface area contributed by atoms with Crippen LogP contribution in [0.5, 0.6) is 0 Å². The van der Waals surface area contributed by atoms with E-state index in [4.69, 9.17) is 9.81 Å². The Labute approximate surface area is 144 Å². The predicted octanol–water partition coefficient (Wildman–Crippen LogP) is 1.39. The van der Waals surface area contributed by atoms with Gasteiger partial charge in [0, 0.05) is 11.1 Å². The summed E-state index contributed by atoms with van der Waals surface area (Å²) < 4.78 is 30.6. The molecule has 2 aromatic rings. The summed E-state index contributed by atoms with van der Waals surface area (Å²) in [6.07, 6.45) is 0.